The third-order valence-electron chi connectivity index (χ3n) is 4.13. The van der Waals surface area contributed by atoms with Gasteiger partial charge in [0.2, 0.25) is 5.91 Å². The third kappa shape index (κ3) is 3.58. The number of aromatic nitrogens is 4. The molecule has 8 heteroatoms. The van der Waals surface area contributed by atoms with E-state index in [0.29, 0.717) is 11.6 Å². The Kier molecular flexibility index (Phi) is 4.75. The number of nitrogens with zero attached hydrogens (tertiary/aromatic N) is 4. The molecule has 3 rings (SSSR count). The SMILES string of the molecule is Cc1nn(-c2ncc(NC(=O)Cc3ccc(F)cc3F)cn2)c(C)c1C. The first kappa shape index (κ1) is 17.7. The summed E-state index contributed by atoms with van der Waals surface area (Å²) in [4.78, 5) is 20.4. The van der Waals surface area contributed by atoms with Crippen molar-refractivity contribution in [3.8, 4) is 5.95 Å². The van der Waals surface area contributed by atoms with Crippen LogP contribution in [0.5, 0.6) is 0 Å². The van der Waals surface area contributed by atoms with Crippen LogP contribution in [-0.4, -0.2) is 25.7 Å². The average Bonchev–Trinajstić information content (AvgIpc) is 2.86. The fourth-order valence-electron chi connectivity index (χ4n) is 2.45. The molecule has 0 aliphatic rings. The largest absolute Gasteiger partial charge is 0.323 e. The van der Waals surface area contributed by atoms with Crippen LogP contribution < -0.4 is 5.32 Å². The number of aryl methyl sites for hydroxylation is 1. The minimum absolute atomic E-state index is 0.111. The maximum Gasteiger partial charge on any atom is 0.250 e. The first-order chi connectivity index (χ1) is 12.3. The number of carbonyl (C=O) groups is 1. The average molecular weight is 357 g/mol. The van der Waals surface area contributed by atoms with Gasteiger partial charge in [-0.25, -0.2) is 23.4 Å². The molecule has 2 aromatic heterocycles. The molecule has 0 aliphatic carbocycles. The molecule has 0 saturated heterocycles. The summed E-state index contributed by atoms with van der Waals surface area (Å²) in [5.41, 5.74) is 3.38. The fraction of sp³-hybridized carbons (Fsp3) is 0.222. The van der Waals surface area contributed by atoms with Gasteiger partial charge in [0.05, 0.1) is 30.2 Å². The number of benzene rings is 1. The highest BCUT2D eigenvalue weighted by Crippen LogP contribution is 2.15. The first-order valence-electron chi connectivity index (χ1n) is 7.94. The fourth-order valence-corrected chi connectivity index (χ4v) is 2.45. The molecule has 0 fully saturated rings. The van der Waals surface area contributed by atoms with Gasteiger partial charge >= 0.3 is 0 Å². The molecular formula is C18H17F2N5O. The van der Waals surface area contributed by atoms with E-state index < -0.39 is 17.5 Å². The van der Waals surface area contributed by atoms with Gasteiger partial charge in [-0.1, -0.05) is 6.07 Å². The Morgan fingerprint density at radius 3 is 2.42 bits per heavy atom. The zero-order valence-electron chi connectivity index (χ0n) is 14.5. The standard InChI is InChI=1S/C18H17F2N5O/c1-10-11(2)24-25(12(10)3)18-21-8-15(9-22-18)23-17(26)6-13-4-5-14(19)7-16(13)20/h4-5,7-9H,6H2,1-3H3,(H,23,26). The van der Waals surface area contributed by atoms with E-state index in [1.807, 2.05) is 20.8 Å². The highest BCUT2D eigenvalue weighted by Gasteiger charge is 2.12. The molecule has 0 bridgehead atoms. The number of hydrogen-bond donors (Lipinski definition) is 1. The van der Waals surface area contributed by atoms with Crippen molar-refractivity contribution in [3.63, 3.8) is 0 Å². The molecule has 1 amide bonds. The van der Waals surface area contributed by atoms with Crippen molar-refractivity contribution in [3.05, 3.63) is 64.7 Å². The van der Waals surface area contributed by atoms with E-state index in [9.17, 15) is 13.6 Å². The second kappa shape index (κ2) is 6.99. The lowest BCUT2D eigenvalue weighted by molar-refractivity contribution is -0.115. The zero-order valence-corrected chi connectivity index (χ0v) is 14.5. The summed E-state index contributed by atoms with van der Waals surface area (Å²) in [5, 5.41) is 6.96. The van der Waals surface area contributed by atoms with Gasteiger partial charge < -0.3 is 5.32 Å². The van der Waals surface area contributed by atoms with Gasteiger partial charge in [0.25, 0.3) is 5.95 Å². The molecule has 0 atom stereocenters. The minimum Gasteiger partial charge on any atom is -0.323 e. The Hall–Kier alpha value is -3.16. The summed E-state index contributed by atoms with van der Waals surface area (Å²) in [6.07, 6.45) is 2.69. The smallest absolute Gasteiger partial charge is 0.250 e. The van der Waals surface area contributed by atoms with E-state index in [1.165, 1.54) is 18.5 Å². The lowest BCUT2D eigenvalue weighted by Crippen LogP contribution is -2.16. The highest BCUT2D eigenvalue weighted by atomic mass is 19.1. The minimum atomic E-state index is -0.758. The van der Waals surface area contributed by atoms with Crippen molar-refractivity contribution >= 4 is 11.6 Å². The predicted molar refractivity (Wildman–Crippen MR) is 92.1 cm³/mol. The van der Waals surface area contributed by atoms with Crippen molar-refractivity contribution in [1.82, 2.24) is 19.7 Å². The zero-order chi connectivity index (χ0) is 18.8. The van der Waals surface area contributed by atoms with E-state index in [1.54, 1.807) is 4.68 Å². The maximum absolute atomic E-state index is 13.6. The van der Waals surface area contributed by atoms with Crippen LogP contribution in [0.1, 0.15) is 22.5 Å². The van der Waals surface area contributed by atoms with E-state index >= 15 is 0 Å². The van der Waals surface area contributed by atoms with Gasteiger partial charge in [-0.05, 0) is 38.0 Å². The van der Waals surface area contributed by atoms with Crippen LogP contribution in [0.25, 0.3) is 5.95 Å². The number of carbonyl (C=O) groups excluding carboxylic acids is 1. The number of halogens is 2. The molecule has 134 valence electrons. The van der Waals surface area contributed by atoms with Crippen LogP contribution in [0.3, 0.4) is 0 Å². The summed E-state index contributed by atoms with van der Waals surface area (Å²) >= 11 is 0. The quantitative estimate of drug-likeness (QED) is 0.779. The normalized spacial score (nSPS) is 10.8. The molecule has 2 heterocycles. The van der Waals surface area contributed by atoms with Crippen molar-refractivity contribution in [2.75, 3.05) is 5.32 Å². The molecule has 0 spiro atoms. The van der Waals surface area contributed by atoms with Crippen LogP contribution in [0, 0.1) is 32.4 Å². The van der Waals surface area contributed by atoms with Gasteiger partial charge in [-0.2, -0.15) is 5.10 Å². The number of anilines is 1. The van der Waals surface area contributed by atoms with Crippen LogP contribution in [-0.2, 0) is 11.2 Å². The molecule has 0 radical (unpaired) electrons. The number of nitrogens with one attached hydrogen (secondary N) is 1. The van der Waals surface area contributed by atoms with Gasteiger partial charge in [-0.15, -0.1) is 0 Å². The van der Waals surface area contributed by atoms with Crippen molar-refractivity contribution in [1.29, 1.82) is 0 Å². The van der Waals surface area contributed by atoms with Crippen molar-refractivity contribution < 1.29 is 13.6 Å². The Morgan fingerprint density at radius 1 is 1.15 bits per heavy atom. The molecule has 1 aromatic carbocycles. The summed E-state index contributed by atoms with van der Waals surface area (Å²) in [6, 6.07) is 3.10. The lowest BCUT2D eigenvalue weighted by atomic mass is 10.1. The van der Waals surface area contributed by atoms with Gasteiger partial charge in [-0.3, -0.25) is 4.79 Å². The van der Waals surface area contributed by atoms with E-state index in [2.05, 4.69) is 20.4 Å². The molecule has 0 saturated carbocycles. The molecular weight excluding hydrogens is 340 g/mol. The molecule has 0 aliphatic heterocycles. The van der Waals surface area contributed by atoms with Crippen LogP contribution in [0.15, 0.2) is 30.6 Å². The highest BCUT2D eigenvalue weighted by molar-refractivity contribution is 5.91. The Balaban J connectivity index is 1.71. The van der Waals surface area contributed by atoms with Gasteiger partial charge in [0, 0.05) is 11.8 Å². The Morgan fingerprint density at radius 2 is 1.85 bits per heavy atom. The summed E-state index contributed by atoms with van der Waals surface area (Å²) in [6.45, 7) is 5.80. The number of amides is 1. The van der Waals surface area contributed by atoms with Crippen LogP contribution in [0.4, 0.5) is 14.5 Å². The van der Waals surface area contributed by atoms with Gasteiger partial charge in [0.1, 0.15) is 11.6 Å². The maximum atomic E-state index is 13.6. The van der Waals surface area contributed by atoms with Crippen molar-refractivity contribution in [2.24, 2.45) is 0 Å². The first-order valence-corrected chi connectivity index (χ1v) is 7.94. The number of rotatable bonds is 4. The molecule has 26 heavy (non-hydrogen) atoms. The monoisotopic (exact) mass is 357 g/mol. The summed E-state index contributed by atoms with van der Waals surface area (Å²) in [7, 11) is 0. The topological polar surface area (TPSA) is 72.7 Å². The lowest BCUT2D eigenvalue weighted by Gasteiger charge is -2.07. The third-order valence-corrected chi connectivity index (χ3v) is 4.13. The van der Waals surface area contributed by atoms with E-state index in [4.69, 9.17) is 0 Å². The van der Waals surface area contributed by atoms with E-state index in [-0.39, 0.29) is 12.0 Å². The number of hydrogen-bond acceptors (Lipinski definition) is 4. The predicted octanol–water partition coefficient (Wildman–Crippen LogP) is 3.05. The van der Waals surface area contributed by atoms with Crippen LogP contribution >= 0.6 is 0 Å². The van der Waals surface area contributed by atoms with Crippen LogP contribution in [0.2, 0.25) is 0 Å². The second-order valence-corrected chi connectivity index (χ2v) is 5.94. The van der Waals surface area contributed by atoms with E-state index in [0.717, 1.165) is 29.1 Å². The summed E-state index contributed by atoms with van der Waals surface area (Å²) in [5.74, 6) is -1.50. The molecule has 3 aromatic rings. The van der Waals surface area contributed by atoms with Crippen molar-refractivity contribution in [2.45, 2.75) is 27.2 Å². The Bertz CT molecular complexity index is 966. The molecule has 1 N–H and O–H groups in total. The van der Waals surface area contributed by atoms with Gasteiger partial charge in [0.15, 0.2) is 0 Å². The molecule has 6 nitrogen and oxygen atoms in total. The molecule has 0 unspecified atom stereocenters. The Labute approximate surface area is 148 Å². The summed E-state index contributed by atoms with van der Waals surface area (Å²) < 4.78 is 28.1. The second-order valence-electron chi connectivity index (χ2n) is 5.94.